The molecule has 0 amide bonds. The molecule has 0 aromatic heterocycles. The fraction of sp³-hybridized carbons (Fsp3) is 0.889. The molecule has 1 aliphatic heterocycles. The van der Waals surface area contributed by atoms with Crippen molar-refractivity contribution in [3.8, 4) is 6.07 Å². The predicted octanol–water partition coefficient (Wildman–Crippen LogP) is 2.25. The van der Waals surface area contributed by atoms with Gasteiger partial charge in [-0.1, -0.05) is 26.2 Å². The Morgan fingerprint density at radius 2 is 2.27 bits per heavy atom. The van der Waals surface area contributed by atoms with Crippen LogP contribution in [-0.4, -0.2) is 11.7 Å². The maximum Gasteiger partial charge on any atom is 0.173 e. The van der Waals surface area contributed by atoms with Crippen LogP contribution in [-0.2, 0) is 4.74 Å². The number of nitriles is 1. The number of hydrogen-bond acceptors (Lipinski definition) is 2. The zero-order valence-corrected chi connectivity index (χ0v) is 7.26. The third-order valence-corrected chi connectivity index (χ3v) is 2.28. The largest absolute Gasteiger partial charge is 0.350 e. The van der Waals surface area contributed by atoms with E-state index >= 15 is 0 Å². The molecule has 0 spiro atoms. The lowest BCUT2D eigenvalue weighted by Crippen LogP contribution is -2.07. The number of hydrogen-bond donors (Lipinski definition) is 0. The van der Waals surface area contributed by atoms with Crippen molar-refractivity contribution in [2.75, 3.05) is 0 Å². The lowest BCUT2D eigenvalue weighted by Gasteiger charge is -2.02. The van der Waals surface area contributed by atoms with Gasteiger partial charge in [-0.05, 0) is 13.3 Å². The van der Waals surface area contributed by atoms with Crippen LogP contribution in [0, 0.1) is 11.3 Å². The molecular formula is C9H15NO. The Morgan fingerprint density at radius 1 is 1.55 bits per heavy atom. The molecule has 62 valence electrons. The highest BCUT2D eigenvalue weighted by Gasteiger charge is 2.51. The van der Waals surface area contributed by atoms with Crippen molar-refractivity contribution in [2.45, 2.75) is 51.2 Å². The molecule has 11 heavy (non-hydrogen) atoms. The quantitative estimate of drug-likeness (QED) is 0.458. The van der Waals surface area contributed by atoms with Gasteiger partial charge in [-0.15, -0.1) is 0 Å². The number of unbranched alkanes of at least 4 members (excludes halogenated alkanes) is 2. The summed E-state index contributed by atoms with van der Waals surface area (Å²) in [6.07, 6.45) is 4.58. The standard InChI is InChI=1S/C9H15NO/c1-3-4-5-6-9(2)8(7-10)11-9/h8H,3-6H2,1-2H3/t8-,9+/m0/s1. The maximum absolute atomic E-state index is 8.52. The molecule has 0 bridgehead atoms. The lowest BCUT2D eigenvalue weighted by molar-refractivity contribution is 0.297. The van der Waals surface area contributed by atoms with Crippen LogP contribution in [0.2, 0.25) is 0 Å². The third kappa shape index (κ3) is 1.94. The van der Waals surface area contributed by atoms with Crippen molar-refractivity contribution in [1.82, 2.24) is 0 Å². The van der Waals surface area contributed by atoms with Crippen LogP contribution < -0.4 is 0 Å². The summed E-state index contributed by atoms with van der Waals surface area (Å²) in [5.41, 5.74) is -0.0933. The minimum Gasteiger partial charge on any atom is -0.350 e. The fourth-order valence-electron chi connectivity index (χ4n) is 1.31. The van der Waals surface area contributed by atoms with Crippen molar-refractivity contribution in [1.29, 1.82) is 5.26 Å². The van der Waals surface area contributed by atoms with E-state index in [9.17, 15) is 0 Å². The van der Waals surface area contributed by atoms with Crippen molar-refractivity contribution in [2.24, 2.45) is 0 Å². The summed E-state index contributed by atoms with van der Waals surface area (Å²) in [5.74, 6) is 0. The topological polar surface area (TPSA) is 36.3 Å². The minimum atomic E-state index is -0.126. The van der Waals surface area contributed by atoms with Crippen LogP contribution in [0.1, 0.15) is 39.5 Å². The van der Waals surface area contributed by atoms with Crippen molar-refractivity contribution in [3.63, 3.8) is 0 Å². The molecule has 0 saturated carbocycles. The normalized spacial score (nSPS) is 34.8. The Bertz CT molecular complexity index is 173. The van der Waals surface area contributed by atoms with Crippen LogP contribution in [0.3, 0.4) is 0 Å². The second-order valence-electron chi connectivity index (χ2n) is 3.40. The average Bonchev–Trinajstić information content (AvgIpc) is 2.63. The second-order valence-corrected chi connectivity index (χ2v) is 3.40. The maximum atomic E-state index is 8.52. The SMILES string of the molecule is CCCCC[C@@]1(C)O[C@H]1C#N. The van der Waals surface area contributed by atoms with E-state index < -0.39 is 0 Å². The highest BCUT2D eigenvalue weighted by atomic mass is 16.6. The van der Waals surface area contributed by atoms with Gasteiger partial charge in [-0.2, -0.15) is 5.26 Å². The van der Waals surface area contributed by atoms with Gasteiger partial charge in [0, 0.05) is 0 Å². The zero-order valence-electron chi connectivity index (χ0n) is 7.26. The van der Waals surface area contributed by atoms with Gasteiger partial charge < -0.3 is 4.74 Å². The van der Waals surface area contributed by atoms with Gasteiger partial charge in [0.25, 0.3) is 0 Å². The molecule has 0 aliphatic carbocycles. The summed E-state index contributed by atoms with van der Waals surface area (Å²) >= 11 is 0. The van der Waals surface area contributed by atoms with Crippen LogP contribution in [0.4, 0.5) is 0 Å². The molecule has 0 aromatic rings. The van der Waals surface area contributed by atoms with E-state index in [2.05, 4.69) is 13.0 Å². The van der Waals surface area contributed by atoms with Gasteiger partial charge in [-0.25, -0.2) is 0 Å². The first-order valence-corrected chi connectivity index (χ1v) is 4.30. The molecule has 0 aromatic carbocycles. The van der Waals surface area contributed by atoms with E-state index in [1.807, 2.05) is 6.92 Å². The minimum absolute atomic E-state index is 0.0933. The Hall–Kier alpha value is -0.550. The second kappa shape index (κ2) is 3.23. The molecular weight excluding hydrogens is 138 g/mol. The van der Waals surface area contributed by atoms with Crippen molar-refractivity contribution < 1.29 is 4.74 Å². The molecule has 1 aliphatic rings. The third-order valence-electron chi connectivity index (χ3n) is 2.28. The Balaban J connectivity index is 2.14. The highest BCUT2D eigenvalue weighted by molar-refractivity contribution is 5.11. The number of rotatable bonds is 4. The van der Waals surface area contributed by atoms with Gasteiger partial charge in [0.05, 0.1) is 6.07 Å². The first-order valence-electron chi connectivity index (χ1n) is 4.30. The molecule has 2 atom stereocenters. The lowest BCUT2D eigenvalue weighted by atomic mass is 10.0. The van der Waals surface area contributed by atoms with E-state index in [0.29, 0.717) is 0 Å². The fourth-order valence-corrected chi connectivity index (χ4v) is 1.31. The van der Waals surface area contributed by atoms with E-state index in [0.717, 1.165) is 6.42 Å². The summed E-state index contributed by atoms with van der Waals surface area (Å²) in [5, 5.41) is 8.52. The summed E-state index contributed by atoms with van der Waals surface area (Å²) < 4.78 is 5.24. The Labute approximate surface area is 68.2 Å². The summed E-state index contributed by atoms with van der Waals surface area (Å²) in [4.78, 5) is 0. The van der Waals surface area contributed by atoms with Gasteiger partial charge in [0.2, 0.25) is 0 Å². The van der Waals surface area contributed by atoms with Gasteiger partial charge in [-0.3, -0.25) is 0 Å². The smallest absolute Gasteiger partial charge is 0.173 e. The highest BCUT2D eigenvalue weighted by Crippen LogP contribution is 2.39. The molecule has 0 unspecified atom stereocenters. The molecule has 2 nitrogen and oxygen atoms in total. The van der Waals surface area contributed by atoms with E-state index in [1.165, 1.54) is 19.3 Å². The van der Waals surface area contributed by atoms with E-state index in [1.54, 1.807) is 0 Å². The Kier molecular flexibility index (Phi) is 2.51. The van der Waals surface area contributed by atoms with Crippen molar-refractivity contribution >= 4 is 0 Å². The van der Waals surface area contributed by atoms with E-state index in [-0.39, 0.29) is 11.7 Å². The summed E-state index contributed by atoms with van der Waals surface area (Å²) in [6, 6.07) is 2.13. The molecule has 1 rings (SSSR count). The van der Waals surface area contributed by atoms with Gasteiger partial charge >= 0.3 is 0 Å². The molecule has 0 radical (unpaired) electrons. The summed E-state index contributed by atoms with van der Waals surface area (Å²) in [7, 11) is 0. The van der Waals surface area contributed by atoms with Gasteiger partial charge in [0.1, 0.15) is 5.60 Å². The first kappa shape index (κ1) is 8.55. The van der Waals surface area contributed by atoms with Crippen molar-refractivity contribution in [3.05, 3.63) is 0 Å². The predicted molar refractivity (Wildman–Crippen MR) is 43.0 cm³/mol. The molecule has 1 fully saturated rings. The molecule has 1 saturated heterocycles. The number of nitrogens with zero attached hydrogens (tertiary/aromatic N) is 1. The molecule has 2 heteroatoms. The monoisotopic (exact) mass is 153 g/mol. The number of epoxide rings is 1. The van der Waals surface area contributed by atoms with Crippen LogP contribution in [0.15, 0.2) is 0 Å². The van der Waals surface area contributed by atoms with Crippen LogP contribution in [0.25, 0.3) is 0 Å². The Morgan fingerprint density at radius 3 is 2.73 bits per heavy atom. The first-order chi connectivity index (χ1) is 5.23. The summed E-state index contributed by atoms with van der Waals surface area (Å²) in [6.45, 7) is 4.20. The molecule has 0 N–H and O–H groups in total. The van der Waals surface area contributed by atoms with Gasteiger partial charge in [0.15, 0.2) is 6.10 Å². The number of ether oxygens (including phenoxy) is 1. The molecule has 1 heterocycles. The zero-order chi connectivity index (χ0) is 8.32. The average molecular weight is 153 g/mol. The van der Waals surface area contributed by atoms with Crippen LogP contribution in [0.5, 0.6) is 0 Å². The van der Waals surface area contributed by atoms with E-state index in [4.69, 9.17) is 10.00 Å². The van der Waals surface area contributed by atoms with Crippen LogP contribution >= 0.6 is 0 Å².